The molecule has 18 heavy (non-hydrogen) atoms. The summed E-state index contributed by atoms with van der Waals surface area (Å²) >= 11 is 1.46. The summed E-state index contributed by atoms with van der Waals surface area (Å²) in [5, 5.41) is 1.83. The van der Waals surface area contributed by atoms with Crippen LogP contribution in [0.25, 0.3) is 4.96 Å². The minimum absolute atomic E-state index is 0.00444. The summed E-state index contributed by atoms with van der Waals surface area (Å²) in [6.07, 6.45) is 4.31. The number of carbonyl (C=O) groups excluding carboxylic acids is 2. The van der Waals surface area contributed by atoms with Gasteiger partial charge in [-0.3, -0.25) is 14.0 Å². The third-order valence-electron chi connectivity index (χ3n) is 3.11. The molecule has 0 atom stereocenters. The fourth-order valence-electron chi connectivity index (χ4n) is 2.07. The molecule has 1 aliphatic heterocycles. The van der Waals surface area contributed by atoms with Crippen molar-refractivity contribution in [2.24, 2.45) is 0 Å². The first-order chi connectivity index (χ1) is 8.79. The number of thiazole rings is 1. The Kier molecular flexibility index (Phi) is 2.75. The normalized spacial score (nSPS) is 16.2. The van der Waals surface area contributed by atoms with Crippen LogP contribution in [0.15, 0.2) is 17.8 Å². The summed E-state index contributed by atoms with van der Waals surface area (Å²) in [6.45, 7) is 2.38. The molecule has 0 saturated carbocycles. The van der Waals surface area contributed by atoms with E-state index in [1.54, 1.807) is 26.6 Å². The van der Waals surface area contributed by atoms with Gasteiger partial charge in [-0.1, -0.05) is 0 Å². The van der Waals surface area contributed by atoms with E-state index in [-0.39, 0.29) is 5.91 Å². The average molecular weight is 264 g/mol. The zero-order valence-electron chi connectivity index (χ0n) is 9.65. The van der Waals surface area contributed by atoms with Crippen LogP contribution in [0.3, 0.4) is 0 Å². The molecule has 2 amide bonds. The molecule has 2 aromatic rings. The van der Waals surface area contributed by atoms with Crippen LogP contribution in [-0.4, -0.2) is 57.7 Å². The van der Waals surface area contributed by atoms with Crippen molar-refractivity contribution in [2.45, 2.75) is 0 Å². The van der Waals surface area contributed by atoms with Gasteiger partial charge >= 0.3 is 0 Å². The molecule has 0 N–H and O–H groups in total. The highest BCUT2D eigenvalue weighted by Gasteiger charge is 2.23. The summed E-state index contributed by atoms with van der Waals surface area (Å²) in [5.74, 6) is 0.00444. The van der Waals surface area contributed by atoms with Crippen molar-refractivity contribution in [3.63, 3.8) is 0 Å². The Hall–Kier alpha value is -1.89. The summed E-state index contributed by atoms with van der Waals surface area (Å²) in [4.78, 5) is 31.4. The average Bonchev–Trinajstić information content (AvgIpc) is 3.00. The fraction of sp³-hybridized carbons (Fsp3) is 0.364. The number of piperazine rings is 1. The van der Waals surface area contributed by atoms with Crippen LogP contribution in [0.5, 0.6) is 0 Å². The maximum atomic E-state index is 12.3. The largest absolute Gasteiger partial charge is 0.342 e. The van der Waals surface area contributed by atoms with Gasteiger partial charge < -0.3 is 9.80 Å². The monoisotopic (exact) mass is 264 g/mol. The molecule has 1 saturated heterocycles. The number of fused-ring (bicyclic) bond motifs is 1. The van der Waals surface area contributed by atoms with Crippen LogP contribution >= 0.6 is 11.3 Å². The van der Waals surface area contributed by atoms with Gasteiger partial charge in [-0.05, 0) is 0 Å². The molecule has 3 heterocycles. The van der Waals surface area contributed by atoms with E-state index in [0.717, 1.165) is 11.4 Å². The number of rotatable bonds is 2. The number of aromatic nitrogens is 2. The predicted molar refractivity (Wildman–Crippen MR) is 66.6 cm³/mol. The van der Waals surface area contributed by atoms with Crippen molar-refractivity contribution >= 4 is 28.6 Å². The summed E-state index contributed by atoms with van der Waals surface area (Å²) in [7, 11) is 0. The lowest BCUT2D eigenvalue weighted by atomic mass is 10.3. The summed E-state index contributed by atoms with van der Waals surface area (Å²) in [5.41, 5.74) is 0.645. The van der Waals surface area contributed by atoms with Gasteiger partial charge in [-0.15, -0.1) is 11.3 Å². The highest BCUT2D eigenvalue weighted by molar-refractivity contribution is 7.15. The maximum absolute atomic E-state index is 12.3. The Bertz CT molecular complexity index is 583. The third-order valence-corrected chi connectivity index (χ3v) is 3.97. The molecule has 6 nitrogen and oxygen atoms in total. The van der Waals surface area contributed by atoms with Crippen LogP contribution in [-0.2, 0) is 4.79 Å². The van der Waals surface area contributed by atoms with Gasteiger partial charge in [0, 0.05) is 44.0 Å². The Morgan fingerprint density at radius 1 is 1.33 bits per heavy atom. The molecule has 0 aliphatic carbocycles. The summed E-state index contributed by atoms with van der Waals surface area (Å²) < 4.78 is 1.80. The second-order valence-corrected chi connectivity index (χ2v) is 4.97. The first-order valence-electron chi connectivity index (χ1n) is 5.69. The van der Waals surface area contributed by atoms with Gasteiger partial charge in [-0.2, -0.15) is 0 Å². The van der Waals surface area contributed by atoms with Crippen molar-refractivity contribution in [1.82, 2.24) is 19.2 Å². The van der Waals surface area contributed by atoms with E-state index in [9.17, 15) is 9.59 Å². The zero-order chi connectivity index (χ0) is 12.5. The van der Waals surface area contributed by atoms with Gasteiger partial charge in [-0.25, -0.2) is 4.98 Å². The molecule has 1 fully saturated rings. The van der Waals surface area contributed by atoms with Gasteiger partial charge in [0.1, 0.15) is 5.69 Å². The molecular weight excluding hydrogens is 252 g/mol. The van der Waals surface area contributed by atoms with Crippen molar-refractivity contribution in [2.75, 3.05) is 26.2 Å². The Balaban J connectivity index is 1.79. The SMILES string of the molecule is O=CN1CCN(C(=O)c2csc3nccn23)CC1. The van der Waals surface area contributed by atoms with E-state index in [1.165, 1.54) is 11.3 Å². The van der Waals surface area contributed by atoms with Crippen molar-refractivity contribution in [1.29, 1.82) is 0 Å². The molecule has 7 heteroatoms. The molecule has 0 spiro atoms. The Morgan fingerprint density at radius 3 is 2.83 bits per heavy atom. The van der Waals surface area contributed by atoms with E-state index >= 15 is 0 Å². The smallest absolute Gasteiger partial charge is 0.271 e. The molecule has 0 radical (unpaired) electrons. The number of hydrogen-bond donors (Lipinski definition) is 0. The second-order valence-electron chi connectivity index (χ2n) is 4.13. The molecule has 2 aromatic heterocycles. The first-order valence-corrected chi connectivity index (χ1v) is 6.57. The molecule has 0 bridgehead atoms. The van der Waals surface area contributed by atoms with Crippen molar-refractivity contribution < 1.29 is 9.59 Å². The first kappa shape index (κ1) is 11.2. The van der Waals surface area contributed by atoms with E-state index in [4.69, 9.17) is 0 Å². The molecule has 1 aliphatic rings. The maximum Gasteiger partial charge on any atom is 0.271 e. The molecule has 0 aromatic carbocycles. The van der Waals surface area contributed by atoms with Crippen LogP contribution in [0.4, 0.5) is 0 Å². The highest BCUT2D eigenvalue weighted by Crippen LogP contribution is 2.17. The van der Waals surface area contributed by atoms with E-state index < -0.39 is 0 Å². The van der Waals surface area contributed by atoms with Crippen LogP contribution in [0.2, 0.25) is 0 Å². The molecule has 94 valence electrons. The lowest BCUT2D eigenvalue weighted by Gasteiger charge is -2.32. The highest BCUT2D eigenvalue weighted by atomic mass is 32.1. The number of imidazole rings is 1. The molecular formula is C11H12N4O2S. The standard InChI is InChI=1S/C11H12N4O2S/c16-8-13-3-5-14(6-4-13)10(17)9-7-18-11-12-1-2-15(9)11/h1-2,7-8H,3-6H2. The van der Waals surface area contributed by atoms with Crippen molar-refractivity contribution in [3.05, 3.63) is 23.5 Å². The van der Waals surface area contributed by atoms with E-state index in [1.807, 2.05) is 5.38 Å². The van der Waals surface area contributed by atoms with E-state index in [0.29, 0.717) is 31.9 Å². The van der Waals surface area contributed by atoms with Crippen LogP contribution < -0.4 is 0 Å². The van der Waals surface area contributed by atoms with E-state index in [2.05, 4.69) is 4.98 Å². The number of nitrogens with zero attached hydrogens (tertiary/aromatic N) is 4. The Morgan fingerprint density at radius 2 is 2.11 bits per heavy atom. The van der Waals surface area contributed by atoms with Gasteiger partial charge in [0.2, 0.25) is 6.41 Å². The predicted octanol–water partition coefficient (Wildman–Crippen LogP) is 0.310. The number of carbonyl (C=O) groups is 2. The number of hydrogen-bond acceptors (Lipinski definition) is 4. The fourth-order valence-corrected chi connectivity index (χ4v) is 2.90. The quantitative estimate of drug-likeness (QED) is 0.734. The zero-order valence-corrected chi connectivity index (χ0v) is 10.5. The Labute approximate surface area is 107 Å². The topological polar surface area (TPSA) is 57.9 Å². The van der Waals surface area contributed by atoms with Crippen LogP contribution in [0, 0.1) is 0 Å². The van der Waals surface area contributed by atoms with Gasteiger partial charge in [0.05, 0.1) is 0 Å². The molecule has 0 unspecified atom stereocenters. The minimum Gasteiger partial charge on any atom is -0.342 e. The summed E-state index contributed by atoms with van der Waals surface area (Å²) in [6, 6.07) is 0. The number of amides is 2. The minimum atomic E-state index is 0.00444. The van der Waals surface area contributed by atoms with Crippen molar-refractivity contribution in [3.8, 4) is 0 Å². The second kappa shape index (κ2) is 4.41. The van der Waals surface area contributed by atoms with Gasteiger partial charge in [0.25, 0.3) is 5.91 Å². The molecule has 3 rings (SSSR count). The van der Waals surface area contributed by atoms with Gasteiger partial charge in [0.15, 0.2) is 4.96 Å². The third kappa shape index (κ3) is 1.76. The van der Waals surface area contributed by atoms with Crippen LogP contribution in [0.1, 0.15) is 10.5 Å². The lowest BCUT2D eigenvalue weighted by molar-refractivity contribution is -0.119. The lowest BCUT2D eigenvalue weighted by Crippen LogP contribution is -2.48.